The first kappa shape index (κ1) is 20.3. The van der Waals surface area contributed by atoms with E-state index in [1.54, 1.807) is 17.3 Å². The molecule has 144 valence electrons. The Balaban J connectivity index is 1.90. The number of pyridine rings is 1. The fourth-order valence-electron chi connectivity index (χ4n) is 3.34. The topological polar surface area (TPSA) is 85.8 Å². The summed E-state index contributed by atoms with van der Waals surface area (Å²) in [4.78, 5) is 31.2. The molecule has 0 saturated carbocycles. The number of nitrogens with zero attached hydrogens (tertiary/aromatic N) is 3. The van der Waals surface area contributed by atoms with E-state index in [4.69, 9.17) is 0 Å². The van der Waals surface area contributed by atoms with Crippen LogP contribution in [-0.4, -0.2) is 70.0 Å². The monoisotopic (exact) mass is 362 g/mol. The lowest BCUT2D eigenvalue weighted by atomic mass is 9.94. The van der Waals surface area contributed by atoms with Crippen molar-refractivity contribution in [3.63, 3.8) is 0 Å². The molecule has 0 aromatic carbocycles. The number of nitrogens with one attached hydrogen (secondary N) is 1. The van der Waals surface area contributed by atoms with Gasteiger partial charge in [-0.15, -0.1) is 0 Å². The molecule has 2 heterocycles. The summed E-state index contributed by atoms with van der Waals surface area (Å²) in [6, 6.07) is 3.98. The van der Waals surface area contributed by atoms with Gasteiger partial charge in [-0.25, -0.2) is 0 Å². The molecule has 7 heteroatoms. The van der Waals surface area contributed by atoms with Gasteiger partial charge in [-0.2, -0.15) is 0 Å². The van der Waals surface area contributed by atoms with E-state index in [0.29, 0.717) is 32.5 Å². The van der Waals surface area contributed by atoms with Crippen molar-refractivity contribution >= 4 is 11.8 Å². The lowest BCUT2D eigenvalue weighted by Crippen LogP contribution is -2.44. The number of carbonyl (C=O) groups excluding carboxylic acids is 2. The van der Waals surface area contributed by atoms with Gasteiger partial charge in [0.05, 0.1) is 12.1 Å². The van der Waals surface area contributed by atoms with Gasteiger partial charge >= 0.3 is 0 Å². The van der Waals surface area contributed by atoms with Crippen molar-refractivity contribution in [1.82, 2.24) is 20.1 Å². The minimum atomic E-state index is -0.800. The molecule has 1 aliphatic heterocycles. The predicted octanol–water partition coefficient (Wildman–Crippen LogP) is 0.783. The lowest BCUT2D eigenvalue weighted by molar-refractivity contribution is -0.132. The maximum atomic E-state index is 12.2. The Morgan fingerprint density at radius 1 is 1.31 bits per heavy atom. The summed E-state index contributed by atoms with van der Waals surface area (Å²) < 4.78 is 0. The standard InChI is InChI=1S/C19H30N4O3/c1-3-22(14-17-5-9-20-10-6-17)15-19(26)7-4-11-23(12-8-19)18(25)13-21-16(2)24/h5-6,9-10,26H,3-4,7-8,11-15H2,1-2H3,(H,21,24). The average Bonchev–Trinajstić information content (AvgIpc) is 2.82. The second-order valence-electron chi connectivity index (χ2n) is 7.03. The Kier molecular flexibility index (Phi) is 7.53. The summed E-state index contributed by atoms with van der Waals surface area (Å²) in [5.41, 5.74) is 0.373. The largest absolute Gasteiger partial charge is 0.388 e. The summed E-state index contributed by atoms with van der Waals surface area (Å²) in [6.07, 6.45) is 5.54. The Morgan fingerprint density at radius 3 is 2.69 bits per heavy atom. The smallest absolute Gasteiger partial charge is 0.241 e. The minimum absolute atomic E-state index is 0.0247. The maximum Gasteiger partial charge on any atom is 0.241 e. The Labute approximate surface area is 155 Å². The van der Waals surface area contributed by atoms with Crippen LogP contribution in [0, 0.1) is 0 Å². The molecule has 0 radical (unpaired) electrons. The van der Waals surface area contributed by atoms with E-state index in [-0.39, 0.29) is 18.4 Å². The fourth-order valence-corrected chi connectivity index (χ4v) is 3.34. The van der Waals surface area contributed by atoms with Crippen LogP contribution in [0.4, 0.5) is 0 Å². The first-order valence-electron chi connectivity index (χ1n) is 9.28. The Bertz CT molecular complexity index is 596. The zero-order valence-electron chi connectivity index (χ0n) is 15.8. The molecule has 1 atom stereocenters. The number of rotatable bonds is 7. The molecule has 2 amide bonds. The average molecular weight is 362 g/mol. The quantitative estimate of drug-likeness (QED) is 0.749. The van der Waals surface area contributed by atoms with Gasteiger partial charge in [0.2, 0.25) is 11.8 Å². The van der Waals surface area contributed by atoms with Gasteiger partial charge in [-0.1, -0.05) is 6.92 Å². The van der Waals surface area contributed by atoms with E-state index < -0.39 is 5.60 Å². The highest BCUT2D eigenvalue weighted by atomic mass is 16.3. The summed E-state index contributed by atoms with van der Waals surface area (Å²) in [6.45, 7) is 6.85. The SMILES string of the molecule is CCN(Cc1ccncc1)CC1(O)CCCN(C(=O)CNC(C)=O)CC1. The number of aromatic nitrogens is 1. The van der Waals surface area contributed by atoms with Crippen LogP contribution in [0.1, 0.15) is 38.7 Å². The van der Waals surface area contributed by atoms with Crippen LogP contribution in [0.3, 0.4) is 0 Å². The molecule has 1 aromatic rings. The third-order valence-corrected chi connectivity index (χ3v) is 4.88. The van der Waals surface area contributed by atoms with Crippen molar-refractivity contribution in [2.75, 3.05) is 32.7 Å². The predicted molar refractivity (Wildman–Crippen MR) is 99.3 cm³/mol. The molecule has 1 saturated heterocycles. The van der Waals surface area contributed by atoms with Gasteiger partial charge < -0.3 is 15.3 Å². The molecule has 7 nitrogen and oxygen atoms in total. The molecule has 0 spiro atoms. The van der Waals surface area contributed by atoms with Crippen LogP contribution in [0.25, 0.3) is 0 Å². The van der Waals surface area contributed by atoms with Gasteiger partial charge in [0.1, 0.15) is 0 Å². The number of amides is 2. The van der Waals surface area contributed by atoms with E-state index in [1.807, 2.05) is 12.1 Å². The maximum absolute atomic E-state index is 12.2. The number of aliphatic hydroxyl groups is 1. The summed E-state index contributed by atoms with van der Waals surface area (Å²) in [5, 5.41) is 13.6. The van der Waals surface area contributed by atoms with Crippen molar-refractivity contribution in [2.24, 2.45) is 0 Å². The van der Waals surface area contributed by atoms with Gasteiger partial charge in [0.15, 0.2) is 0 Å². The van der Waals surface area contributed by atoms with E-state index in [0.717, 1.165) is 19.5 Å². The van der Waals surface area contributed by atoms with E-state index in [2.05, 4.69) is 22.1 Å². The van der Waals surface area contributed by atoms with Crippen molar-refractivity contribution in [2.45, 2.75) is 45.3 Å². The first-order chi connectivity index (χ1) is 12.4. The van der Waals surface area contributed by atoms with E-state index in [1.165, 1.54) is 12.5 Å². The summed E-state index contributed by atoms with van der Waals surface area (Å²) in [5.74, 6) is -0.298. The highest BCUT2D eigenvalue weighted by molar-refractivity contribution is 5.83. The van der Waals surface area contributed by atoms with Gasteiger partial charge in [-0.3, -0.25) is 19.5 Å². The number of likely N-dealkylation sites (N-methyl/N-ethyl adjacent to an activating group) is 1. The lowest BCUT2D eigenvalue weighted by Gasteiger charge is -2.33. The molecule has 2 N–H and O–H groups in total. The van der Waals surface area contributed by atoms with Gasteiger partial charge in [0.25, 0.3) is 0 Å². The molecule has 0 bridgehead atoms. The van der Waals surface area contributed by atoms with Crippen molar-refractivity contribution < 1.29 is 14.7 Å². The minimum Gasteiger partial charge on any atom is -0.388 e. The Hall–Kier alpha value is -1.99. The van der Waals surface area contributed by atoms with Gasteiger partial charge in [-0.05, 0) is 43.5 Å². The molecule has 1 unspecified atom stereocenters. The summed E-state index contributed by atoms with van der Waals surface area (Å²) in [7, 11) is 0. The highest BCUT2D eigenvalue weighted by Gasteiger charge is 2.33. The van der Waals surface area contributed by atoms with Crippen LogP contribution in [0.5, 0.6) is 0 Å². The summed E-state index contributed by atoms with van der Waals surface area (Å²) >= 11 is 0. The van der Waals surface area contributed by atoms with Crippen LogP contribution in [0.2, 0.25) is 0 Å². The molecular weight excluding hydrogens is 332 g/mol. The number of carbonyl (C=O) groups is 2. The highest BCUT2D eigenvalue weighted by Crippen LogP contribution is 2.24. The van der Waals surface area contributed by atoms with E-state index >= 15 is 0 Å². The van der Waals surface area contributed by atoms with Crippen molar-refractivity contribution in [3.8, 4) is 0 Å². The number of hydrogen-bond donors (Lipinski definition) is 2. The zero-order chi connectivity index (χ0) is 19.0. The molecular formula is C19H30N4O3. The molecule has 1 aliphatic rings. The number of likely N-dealkylation sites (tertiary alicyclic amines) is 1. The van der Waals surface area contributed by atoms with Crippen LogP contribution in [0.15, 0.2) is 24.5 Å². The normalized spacial score (nSPS) is 20.7. The Morgan fingerprint density at radius 2 is 2.04 bits per heavy atom. The van der Waals surface area contributed by atoms with Crippen molar-refractivity contribution in [1.29, 1.82) is 0 Å². The zero-order valence-corrected chi connectivity index (χ0v) is 15.8. The molecule has 1 fully saturated rings. The first-order valence-corrected chi connectivity index (χ1v) is 9.28. The van der Waals surface area contributed by atoms with Crippen molar-refractivity contribution in [3.05, 3.63) is 30.1 Å². The molecule has 2 rings (SSSR count). The second kappa shape index (κ2) is 9.64. The van der Waals surface area contributed by atoms with Crippen LogP contribution in [-0.2, 0) is 16.1 Å². The van der Waals surface area contributed by atoms with Gasteiger partial charge in [0, 0.05) is 45.5 Å². The second-order valence-corrected chi connectivity index (χ2v) is 7.03. The number of hydrogen-bond acceptors (Lipinski definition) is 5. The fraction of sp³-hybridized carbons (Fsp3) is 0.632. The van der Waals surface area contributed by atoms with Crippen LogP contribution < -0.4 is 5.32 Å². The molecule has 26 heavy (non-hydrogen) atoms. The third kappa shape index (κ3) is 6.38. The van der Waals surface area contributed by atoms with E-state index in [9.17, 15) is 14.7 Å². The third-order valence-electron chi connectivity index (χ3n) is 4.88. The van der Waals surface area contributed by atoms with Crippen LogP contribution >= 0.6 is 0 Å². The molecule has 0 aliphatic carbocycles. The molecule has 1 aromatic heterocycles.